The number of rotatable bonds is 7. The summed E-state index contributed by atoms with van der Waals surface area (Å²) in [4.78, 5) is 24.9. The third-order valence-electron chi connectivity index (χ3n) is 4.88. The smallest absolute Gasteiger partial charge is 0.241 e. The molecule has 0 saturated carbocycles. The maximum atomic E-state index is 13.0. The molecule has 0 bridgehead atoms. The molecule has 0 aliphatic carbocycles. The van der Waals surface area contributed by atoms with E-state index in [1.54, 1.807) is 37.3 Å². The molecular formula is C21H24ClN3O5S2. The van der Waals surface area contributed by atoms with E-state index in [1.807, 2.05) is 6.92 Å². The molecule has 2 unspecified atom stereocenters. The maximum Gasteiger partial charge on any atom is 0.241 e. The molecule has 11 heteroatoms. The Morgan fingerprint density at radius 3 is 2.62 bits per heavy atom. The Bertz CT molecular complexity index is 1140. The third-order valence-corrected chi connectivity index (χ3v) is 8.43. The van der Waals surface area contributed by atoms with Crippen LogP contribution in [0.1, 0.15) is 11.1 Å². The number of aryl methyl sites for hydroxylation is 2. The fourth-order valence-electron chi connectivity index (χ4n) is 3.30. The quantitative estimate of drug-likeness (QED) is 0.538. The van der Waals surface area contributed by atoms with Crippen LogP contribution >= 0.6 is 23.4 Å². The van der Waals surface area contributed by atoms with Gasteiger partial charge in [0.2, 0.25) is 11.8 Å². The minimum Gasteiger partial charge on any atom is -0.495 e. The summed E-state index contributed by atoms with van der Waals surface area (Å²) in [5.74, 6) is -0.352. The van der Waals surface area contributed by atoms with Gasteiger partial charge in [-0.15, -0.1) is 11.8 Å². The van der Waals surface area contributed by atoms with Crippen LogP contribution in [0.25, 0.3) is 0 Å². The Hall–Kier alpha value is -2.27. The Labute approximate surface area is 196 Å². The SMILES string of the molecule is COc1ccc(NC(=O)CSC2NCC(S(=O)(=O)c3ccc(C)cc3C)C(=O)N2)cc1Cl. The van der Waals surface area contributed by atoms with Gasteiger partial charge in [-0.1, -0.05) is 29.3 Å². The first-order valence-corrected chi connectivity index (χ1v) is 12.7. The summed E-state index contributed by atoms with van der Waals surface area (Å²) in [6.45, 7) is 3.54. The first kappa shape index (κ1) is 24.4. The lowest BCUT2D eigenvalue weighted by Gasteiger charge is -2.30. The monoisotopic (exact) mass is 497 g/mol. The van der Waals surface area contributed by atoms with Crippen LogP contribution in [0.5, 0.6) is 5.75 Å². The van der Waals surface area contributed by atoms with Crippen molar-refractivity contribution in [3.05, 3.63) is 52.5 Å². The maximum absolute atomic E-state index is 13.0. The van der Waals surface area contributed by atoms with Crippen molar-refractivity contribution in [3.8, 4) is 5.75 Å². The zero-order chi connectivity index (χ0) is 23.5. The number of hydrogen-bond acceptors (Lipinski definition) is 7. The summed E-state index contributed by atoms with van der Waals surface area (Å²) >= 11 is 7.20. The third kappa shape index (κ3) is 5.55. The lowest BCUT2D eigenvalue weighted by molar-refractivity contribution is -0.122. The second kappa shape index (κ2) is 10.1. The molecule has 1 heterocycles. The molecule has 3 N–H and O–H groups in total. The topological polar surface area (TPSA) is 114 Å². The van der Waals surface area contributed by atoms with Crippen molar-refractivity contribution in [2.75, 3.05) is 24.7 Å². The van der Waals surface area contributed by atoms with Gasteiger partial charge in [-0.25, -0.2) is 8.42 Å². The van der Waals surface area contributed by atoms with E-state index >= 15 is 0 Å². The molecular weight excluding hydrogens is 474 g/mol. The number of carbonyl (C=O) groups excluding carboxylic acids is 2. The number of benzene rings is 2. The van der Waals surface area contributed by atoms with Crippen molar-refractivity contribution >= 4 is 50.7 Å². The molecule has 0 aromatic heterocycles. The van der Waals surface area contributed by atoms with E-state index in [0.717, 1.165) is 17.3 Å². The number of methoxy groups -OCH3 is 1. The van der Waals surface area contributed by atoms with Crippen molar-refractivity contribution in [2.24, 2.45) is 0 Å². The molecule has 2 atom stereocenters. The van der Waals surface area contributed by atoms with Gasteiger partial charge < -0.3 is 15.4 Å². The molecule has 2 aromatic rings. The van der Waals surface area contributed by atoms with Crippen LogP contribution < -0.4 is 20.7 Å². The zero-order valence-corrected chi connectivity index (χ0v) is 20.2. The van der Waals surface area contributed by atoms with Crippen LogP contribution in [-0.4, -0.2) is 50.4 Å². The normalized spacial score (nSPS) is 18.7. The Morgan fingerprint density at radius 1 is 1.25 bits per heavy atom. The Kier molecular flexibility index (Phi) is 7.71. The molecule has 2 amide bonds. The number of halogens is 1. The highest BCUT2D eigenvalue weighted by atomic mass is 35.5. The summed E-state index contributed by atoms with van der Waals surface area (Å²) < 4.78 is 31.0. The van der Waals surface area contributed by atoms with Crippen molar-refractivity contribution in [3.63, 3.8) is 0 Å². The van der Waals surface area contributed by atoms with E-state index in [9.17, 15) is 18.0 Å². The van der Waals surface area contributed by atoms with Gasteiger partial charge in [0.05, 0.1) is 22.8 Å². The minimum atomic E-state index is -3.85. The fraction of sp³-hybridized carbons (Fsp3) is 0.333. The lowest BCUT2D eigenvalue weighted by Crippen LogP contribution is -2.59. The van der Waals surface area contributed by atoms with Crippen LogP contribution in [0, 0.1) is 13.8 Å². The predicted octanol–water partition coefficient (Wildman–Crippen LogP) is 2.48. The van der Waals surface area contributed by atoms with Gasteiger partial charge in [-0.2, -0.15) is 0 Å². The fourth-order valence-corrected chi connectivity index (χ4v) is 6.10. The molecule has 1 saturated heterocycles. The zero-order valence-electron chi connectivity index (χ0n) is 17.8. The van der Waals surface area contributed by atoms with Crippen LogP contribution in [-0.2, 0) is 19.4 Å². The van der Waals surface area contributed by atoms with E-state index in [4.69, 9.17) is 16.3 Å². The summed E-state index contributed by atoms with van der Waals surface area (Å²) in [5.41, 5.74) is 1.48. The Balaban J connectivity index is 1.56. The van der Waals surface area contributed by atoms with Crippen LogP contribution in [0.2, 0.25) is 5.02 Å². The first-order chi connectivity index (χ1) is 15.1. The molecule has 32 heavy (non-hydrogen) atoms. The number of anilines is 1. The molecule has 3 rings (SSSR count). The number of hydrogen-bond donors (Lipinski definition) is 3. The highest BCUT2D eigenvalue weighted by Gasteiger charge is 2.39. The highest BCUT2D eigenvalue weighted by molar-refractivity contribution is 8.00. The van der Waals surface area contributed by atoms with E-state index in [0.29, 0.717) is 22.0 Å². The molecule has 1 aliphatic rings. The van der Waals surface area contributed by atoms with Gasteiger partial charge in [0, 0.05) is 12.2 Å². The molecule has 2 aromatic carbocycles. The molecule has 8 nitrogen and oxygen atoms in total. The average Bonchev–Trinajstić information content (AvgIpc) is 2.72. The largest absolute Gasteiger partial charge is 0.495 e. The van der Waals surface area contributed by atoms with Crippen molar-refractivity contribution in [1.82, 2.24) is 10.6 Å². The highest BCUT2D eigenvalue weighted by Crippen LogP contribution is 2.27. The van der Waals surface area contributed by atoms with Gasteiger partial charge in [0.15, 0.2) is 15.1 Å². The Morgan fingerprint density at radius 2 is 2.00 bits per heavy atom. The number of thioether (sulfide) groups is 1. The summed E-state index contributed by atoms with van der Waals surface area (Å²) in [6, 6.07) is 9.90. The lowest BCUT2D eigenvalue weighted by atomic mass is 10.2. The van der Waals surface area contributed by atoms with Gasteiger partial charge in [0.1, 0.15) is 11.2 Å². The summed E-state index contributed by atoms with van der Waals surface area (Å²) in [7, 11) is -2.35. The van der Waals surface area contributed by atoms with E-state index in [1.165, 1.54) is 13.2 Å². The van der Waals surface area contributed by atoms with Gasteiger partial charge in [-0.3, -0.25) is 14.9 Å². The molecule has 1 aliphatic heterocycles. The van der Waals surface area contributed by atoms with Crippen LogP contribution in [0.4, 0.5) is 5.69 Å². The van der Waals surface area contributed by atoms with Crippen molar-refractivity contribution in [1.29, 1.82) is 0 Å². The van der Waals surface area contributed by atoms with Crippen molar-refractivity contribution < 1.29 is 22.7 Å². The number of amides is 2. The first-order valence-electron chi connectivity index (χ1n) is 9.71. The number of nitrogens with one attached hydrogen (secondary N) is 3. The van der Waals surface area contributed by atoms with Crippen molar-refractivity contribution in [2.45, 2.75) is 29.5 Å². The van der Waals surface area contributed by atoms with Gasteiger partial charge in [0.25, 0.3) is 0 Å². The van der Waals surface area contributed by atoms with E-state index in [-0.39, 0.29) is 23.1 Å². The second-order valence-electron chi connectivity index (χ2n) is 7.31. The van der Waals surface area contributed by atoms with E-state index < -0.39 is 26.5 Å². The van der Waals surface area contributed by atoms with Crippen LogP contribution in [0.3, 0.4) is 0 Å². The van der Waals surface area contributed by atoms with Gasteiger partial charge >= 0.3 is 0 Å². The van der Waals surface area contributed by atoms with E-state index in [2.05, 4.69) is 16.0 Å². The molecule has 1 fully saturated rings. The number of sulfone groups is 1. The number of carbonyl (C=O) groups is 2. The summed E-state index contributed by atoms with van der Waals surface area (Å²) in [5, 5.41) is 7.46. The minimum absolute atomic E-state index is 0.0378. The summed E-state index contributed by atoms with van der Waals surface area (Å²) in [6.07, 6.45) is 0. The predicted molar refractivity (Wildman–Crippen MR) is 126 cm³/mol. The molecule has 0 radical (unpaired) electrons. The second-order valence-corrected chi connectivity index (χ2v) is 10.9. The average molecular weight is 498 g/mol. The van der Waals surface area contributed by atoms with Crippen LogP contribution in [0.15, 0.2) is 41.3 Å². The standard InChI is InChI=1S/C21H24ClN3O5S2/c1-12-4-7-17(13(2)8-12)32(28,29)18-10-23-21(25-20(18)27)31-11-19(26)24-14-5-6-16(30-3)15(22)9-14/h4-9,18,21,23H,10-11H2,1-3H3,(H,24,26)(H,25,27). The van der Waals surface area contributed by atoms with Gasteiger partial charge in [-0.05, 0) is 43.7 Å². The number of ether oxygens (including phenoxy) is 1. The molecule has 172 valence electrons. The molecule has 0 spiro atoms.